The van der Waals surface area contributed by atoms with Crippen LogP contribution in [0.4, 0.5) is 0 Å². The molecule has 1 nitrogen and oxygen atoms in total. The van der Waals surface area contributed by atoms with Gasteiger partial charge in [0.05, 0.1) is 0 Å². The summed E-state index contributed by atoms with van der Waals surface area (Å²) in [5.74, 6) is 4.46. The summed E-state index contributed by atoms with van der Waals surface area (Å²) in [5.41, 5.74) is 0. The summed E-state index contributed by atoms with van der Waals surface area (Å²) in [5, 5.41) is 8.88. The normalized spacial score (nSPS) is 48.0. The van der Waals surface area contributed by atoms with E-state index in [4.69, 9.17) is 5.11 Å². The zero-order valence-electron chi connectivity index (χ0n) is 7.46. The number of hydrogen-bond donors (Lipinski definition) is 1. The van der Waals surface area contributed by atoms with Crippen LogP contribution in [0.1, 0.15) is 26.7 Å². The van der Waals surface area contributed by atoms with Crippen molar-refractivity contribution in [3.63, 3.8) is 0 Å². The molecule has 4 unspecified atom stereocenters. The second-order valence-corrected chi connectivity index (χ2v) is 4.65. The van der Waals surface area contributed by atoms with Crippen LogP contribution in [0, 0.1) is 29.6 Å². The van der Waals surface area contributed by atoms with Gasteiger partial charge >= 0.3 is 0 Å². The summed E-state index contributed by atoms with van der Waals surface area (Å²) < 4.78 is 0. The summed E-state index contributed by atoms with van der Waals surface area (Å²) >= 11 is 0. The van der Waals surface area contributed by atoms with E-state index in [2.05, 4.69) is 13.8 Å². The number of aliphatic hydroxyl groups is 1. The van der Waals surface area contributed by atoms with Gasteiger partial charge in [-0.2, -0.15) is 0 Å². The second kappa shape index (κ2) is 2.48. The molecule has 1 N–H and O–H groups in total. The molecule has 0 aromatic carbocycles. The average Bonchev–Trinajstić information content (AvgIpc) is 2.83. The predicted molar refractivity (Wildman–Crippen MR) is 45.1 cm³/mol. The molecule has 0 aromatic rings. The quantitative estimate of drug-likeness (QED) is 0.658. The molecular weight excluding hydrogens is 136 g/mol. The van der Waals surface area contributed by atoms with Crippen LogP contribution in [0.25, 0.3) is 0 Å². The van der Waals surface area contributed by atoms with Gasteiger partial charge in [-0.3, -0.25) is 0 Å². The van der Waals surface area contributed by atoms with Gasteiger partial charge in [-0.15, -0.1) is 0 Å². The summed E-state index contributed by atoms with van der Waals surface area (Å²) in [6.45, 7) is 5.08. The molecular formula is C10H18O. The van der Waals surface area contributed by atoms with Gasteiger partial charge in [-0.05, 0) is 42.4 Å². The zero-order valence-corrected chi connectivity index (χ0v) is 7.46. The highest BCUT2D eigenvalue weighted by Crippen LogP contribution is 2.59. The third-order valence-electron chi connectivity index (χ3n) is 3.51. The monoisotopic (exact) mass is 154 g/mol. The Labute approximate surface area is 68.8 Å². The molecule has 2 saturated carbocycles. The van der Waals surface area contributed by atoms with E-state index < -0.39 is 0 Å². The Kier molecular flexibility index (Phi) is 1.71. The van der Waals surface area contributed by atoms with E-state index in [1.807, 2.05) is 0 Å². The molecule has 0 spiro atoms. The van der Waals surface area contributed by atoms with Gasteiger partial charge in [-0.25, -0.2) is 0 Å². The van der Waals surface area contributed by atoms with E-state index in [0.29, 0.717) is 12.5 Å². The first-order valence-electron chi connectivity index (χ1n) is 4.85. The van der Waals surface area contributed by atoms with Crippen LogP contribution >= 0.6 is 0 Å². The highest BCUT2D eigenvalue weighted by atomic mass is 16.3. The smallest absolute Gasteiger partial charge is 0.0462 e. The van der Waals surface area contributed by atoms with E-state index in [-0.39, 0.29) is 0 Å². The lowest BCUT2D eigenvalue weighted by Crippen LogP contribution is -1.96. The van der Waals surface area contributed by atoms with Crippen LogP contribution in [0.5, 0.6) is 0 Å². The van der Waals surface area contributed by atoms with Crippen molar-refractivity contribution in [2.24, 2.45) is 29.6 Å². The molecule has 0 heterocycles. The van der Waals surface area contributed by atoms with Crippen LogP contribution < -0.4 is 0 Å². The average molecular weight is 154 g/mol. The molecule has 0 radical (unpaired) electrons. The Bertz CT molecular complexity index is 153. The Morgan fingerprint density at radius 1 is 1.27 bits per heavy atom. The maximum Gasteiger partial charge on any atom is 0.0462 e. The SMILES string of the molecule is CC(C)C1CC1C1CC1CO. The van der Waals surface area contributed by atoms with Crippen LogP contribution in [0.15, 0.2) is 0 Å². The third kappa shape index (κ3) is 1.31. The number of rotatable bonds is 3. The Morgan fingerprint density at radius 3 is 2.36 bits per heavy atom. The molecule has 2 aliphatic carbocycles. The molecule has 0 aromatic heterocycles. The first-order valence-corrected chi connectivity index (χ1v) is 4.85. The van der Waals surface area contributed by atoms with E-state index in [1.54, 1.807) is 0 Å². The first-order chi connectivity index (χ1) is 5.24. The Balaban J connectivity index is 1.76. The summed E-state index contributed by atoms with van der Waals surface area (Å²) in [7, 11) is 0. The second-order valence-electron chi connectivity index (χ2n) is 4.65. The van der Waals surface area contributed by atoms with Crippen LogP contribution in [0.2, 0.25) is 0 Å². The van der Waals surface area contributed by atoms with Gasteiger partial charge in [0.1, 0.15) is 0 Å². The number of hydrogen-bond acceptors (Lipinski definition) is 1. The molecule has 11 heavy (non-hydrogen) atoms. The molecule has 0 aliphatic heterocycles. The van der Waals surface area contributed by atoms with Gasteiger partial charge in [-0.1, -0.05) is 13.8 Å². The lowest BCUT2D eigenvalue weighted by Gasteiger charge is -2.01. The fourth-order valence-electron chi connectivity index (χ4n) is 2.50. The lowest BCUT2D eigenvalue weighted by atomic mass is 10.0. The Hall–Kier alpha value is -0.0400. The summed E-state index contributed by atoms with van der Waals surface area (Å²) in [6.07, 6.45) is 2.75. The van der Waals surface area contributed by atoms with Crippen molar-refractivity contribution in [1.82, 2.24) is 0 Å². The van der Waals surface area contributed by atoms with E-state index >= 15 is 0 Å². The van der Waals surface area contributed by atoms with Gasteiger partial charge in [0.2, 0.25) is 0 Å². The number of aliphatic hydroxyl groups excluding tert-OH is 1. The molecule has 0 bridgehead atoms. The Morgan fingerprint density at radius 2 is 2.00 bits per heavy atom. The minimum atomic E-state index is 0.436. The fraction of sp³-hybridized carbons (Fsp3) is 1.00. The van der Waals surface area contributed by atoms with Crippen LogP contribution in [-0.4, -0.2) is 11.7 Å². The minimum absolute atomic E-state index is 0.436. The van der Waals surface area contributed by atoms with Crippen molar-refractivity contribution in [1.29, 1.82) is 0 Å². The van der Waals surface area contributed by atoms with E-state index in [0.717, 1.165) is 23.7 Å². The summed E-state index contributed by atoms with van der Waals surface area (Å²) in [6, 6.07) is 0. The standard InChI is InChI=1S/C10H18O/c1-6(2)8-4-10(8)9-3-7(9)5-11/h6-11H,3-5H2,1-2H3. The van der Waals surface area contributed by atoms with Crippen molar-refractivity contribution in [3.05, 3.63) is 0 Å². The molecule has 1 heteroatoms. The van der Waals surface area contributed by atoms with Gasteiger partial charge in [0.25, 0.3) is 0 Å². The molecule has 64 valence electrons. The van der Waals surface area contributed by atoms with Crippen molar-refractivity contribution >= 4 is 0 Å². The minimum Gasteiger partial charge on any atom is -0.396 e. The van der Waals surface area contributed by atoms with Gasteiger partial charge in [0.15, 0.2) is 0 Å². The maximum absolute atomic E-state index is 8.88. The van der Waals surface area contributed by atoms with Crippen LogP contribution in [0.3, 0.4) is 0 Å². The molecule has 4 atom stereocenters. The molecule has 2 rings (SSSR count). The van der Waals surface area contributed by atoms with Crippen molar-refractivity contribution in [3.8, 4) is 0 Å². The van der Waals surface area contributed by atoms with Crippen molar-refractivity contribution in [2.45, 2.75) is 26.7 Å². The third-order valence-corrected chi connectivity index (χ3v) is 3.51. The lowest BCUT2D eigenvalue weighted by molar-refractivity contribution is 0.264. The van der Waals surface area contributed by atoms with E-state index in [9.17, 15) is 0 Å². The molecule has 2 fully saturated rings. The first kappa shape index (κ1) is 7.60. The molecule has 2 aliphatic rings. The predicted octanol–water partition coefficient (Wildman–Crippen LogP) is 1.91. The fourth-order valence-corrected chi connectivity index (χ4v) is 2.50. The van der Waals surface area contributed by atoms with Crippen molar-refractivity contribution in [2.75, 3.05) is 6.61 Å². The zero-order chi connectivity index (χ0) is 8.01. The largest absolute Gasteiger partial charge is 0.396 e. The van der Waals surface area contributed by atoms with Crippen LogP contribution in [-0.2, 0) is 0 Å². The topological polar surface area (TPSA) is 20.2 Å². The highest BCUT2D eigenvalue weighted by molar-refractivity contribution is 5.02. The van der Waals surface area contributed by atoms with Gasteiger partial charge in [0, 0.05) is 6.61 Å². The molecule has 0 saturated heterocycles. The maximum atomic E-state index is 8.88. The molecule has 0 amide bonds. The van der Waals surface area contributed by atoms with E-state index in [1.165, 1.54) is 12.8 Å². The van der Waals surface area contributed by atoms with Gasteiger partial charge < -0.3 is 5.11 Å². The summed E-state index contributed by atoms with van der Waals surface area (Å²) in [4.78, 5) is 0. The highest BCUT2D eigenvalue weighted by Gasteiger charge is 2.53. The van der Waals surface area contributed by atoms with Crippen molar-refractivity contribution < 1.29 is 5.11 Å².